The van der Waals surface area contributed by atoms with Gasteiger partial charge in [0.2, 0.25) is 0 Å². The molecule has 0 fully saturated rings. The molecule has 0 spiro atoms. The summed E-state index contributed by atoms with van der Waals surface area (Å²) < 4.78 is 10.9. The van der Waals surface area contributed by atoms with Crippen molar-refractivity contribution in [3.63, 3.8) is 0 Å². The summed E-state index contributed by atoms with van der Waals surface area (Å²) in [6.45, 7) is 14.6. The van der Waals surface area contributed by atoms with Crippen LogP contribution in [0.2, 0.25) is 0 Å². The first-order valence-electron chi connectivity index (χ1n) is 15.0. The lowest BCUT2D eigenvalue weighted by atomic mass is 9.70. The van der Waals surface area contributed by atoms with E-state index in [4.69, 9.17) is 9.47 Å². The summed E-state index contributed by atoms with van der Waals surface area (Å²) in [4.78, 5) is 2.44. The zero-order chi connectivity index (χ0) is 27.1. The van der Waals surface area contributed by atoms with Gasteiger partial charge in [-0.25, -0.2) is 0 Å². The molecule has 1 aromatic heterocycles. The van der Waals surface area contributed by atoms with Crippen LogP contribution < -0.4 is 9.47 Å². The minimum absolute atomic E-state index is 0.240. The molecular formula is C35H48O2S. The largest absolute Gasteiger partial charge is 0.485 e. The highest BCUT2D eigenvalue weighted by atomic mass is 32.1. The molecule has 0 saturated heterocycles. The Morgan fingerprint density at radius 2 is 1.08 bits per heavy atom. The number of ether oxygens (including phenoxy) is 2. The lowest BCUT2D eigenvalue weighted by molar-refractivity contribution is 0.171. The van der Waals surface area contributed by atoms with Crippen molar-refractivity contribution in [3.8, 4) is 22.6 Å². The summed E-state index contributed by atoms with van der Waals surface area (Å²) in [7, 11) is 0. The maximum atomic E-state index is 5.46. The fourth-order valence-electron chi connectivity index (χ4n) is 6.36. The zero-order valence-electron chi connectivity index (χ0n) is 24.7. The minimum atomic E-state index is 0.240. The van der Waals surface area contributed by atoms with Crippen molar-refractivity contribution in [1.82, 2.24) is 0 Å². The molecule has 0 unspecified atom stereocenters. The highest BCUT2D eigenvalue weighted by Crippen LogP contribution is 2.54. The molecule has 2 nitrogen and oxygen atoms in total. The third-order valence-electron chi connectivity index (χ3n) is 8.31. The Balaban J connectivity index is 0.000000253. The van der Waals surface area contributed by atoms with Gasteiger partial charge in [0.15, 0.2) is 11.5 Å². The molecular weight excluding hydrogens is 484 g/mol. The van der Waals surface area contributed by atoms with E-state index in [1.165, 1.54) is 96.2 Å². The quantitative estimate of drug-likeness (QED) is 0.242. The molecule has 3 aromatic rings. The minimum Gasteiger partial charge on any atom is -0.485 e. The third kappa shape index (κ3) is 6.14. The fraction of sp³-hybridized carbons (Fsp3) is 0.543. The molecule has 2 heterocycles. The normalized spacial score (nSPS) is 14.5. The lowest BCUT2D eigenvalue weighted by Gasteiger charge is -2.33. The summed E-state index contributed by atoms with van der Waals surface area (Å²) >= 11 is 1.74. The molecule has 5 rings (SSSR count). The molecule has 206 valence electrons. The second-order valence-electron chi connectivity index (χ2n) is 11.4. The number of unbranched alkanes of at least 4 members (excludes halogenated alkanes) is 6. The van der Waals surface area contributed by atoms with Gasteiger partial charge in [0.05, 0.1) is 0 Å². The van der Waals surface area contributed by atoms with E-state index < -0.39 is 0 Å². The predicted octanol–water partition coefficient (Wildman–Crippen LogP) is 10.6. The van der Waals surface area contributed by atoms with Gasteiger partial charge in [0, 0.05) is 15.2 Å². The second kappa shape index (κ2) is 13.2. The van der Waals surface area contributed by atoms with Crippen molar-refractivity contribution in [2.45, 2.75) is 111 Å². The van der Waals surface area contributed by atoms with Gasteiger partial charge in [-0.3, -0.25) is 0 Å². The second-order valence-corrected chi connectivity index (χ2v) is 12.8. The molecule has 0 atom stereocenters. The molecule has 1 aliphatic carbocycles. The van der Waals surface area contributed by atoms with Crippen molar-refractivity contribution < 1.29 is 9.47 Å². The molecule has 0 amide bonds. The molecule has 0 radical (unpaired) electrons. The molecule has 1 aliphatic heterocycles. The Labute approximate surface area is 235 Å². The Morgan fingerprint density at radius 3 is 1.50 bits per heavy atom. The van der Waals surface area contributed by atoms with Crippen LogP contribution >= 0.6 is 11.3 Å². The number of hydrogen-bond donors (Lipinski definition) is 0. The molecule has 0 saturated carbocycles. The molecule has 3 heteroatoms. The number of aryl methyl sites for hydroxylation is 4. The van der Waals surface area contributed by atoms with Crippen LogP contribution in [0.3, 0.4) is 0 Å². The first-order chi connectivity index (χ1) is 18.4. The molecule has 2 aromatic carbocycles. The molecule has 0 bridgehead atoms. The topological polar surface area (TPSA) is 18.5 Å². The monoisotopic (exact) mass is 532 g/mol. The SMILES string of the molecule is CCCCCCC1(CCCCCC)c2cc(C)ccc2-c2ccc(C)cc21.Cc1sc(C)c2c1OCCO2. The average molecular weight is 533 g/mol. The van der Waals surface area contributed by atoms with Crippen LogP contribution in [0.5, 0.6) is 11.5 Å². The van der Waals surface area contributed by atoms with E-state index in [0.717, 1.165) is 11.5 Å². The van der Waals surface area contributed by atoms with Crippen molar-refractivity contribution in [2.75, 3.05) is 13.2 Å². The highest BCUT2D eigenvalue weighted by molar-refractivity contribution is 7.12. The van der Waals surface area contributed by atoms with Crippen LogP contribution in [0.1, 0.15) is 110 Å². The number of benzene rings is 2. The van der Waals surface area contributed by atoms with Crippen molar-refractivity contribution >= 4 is 11.3 Å². The van der Waals surface area contributed by atoms with Gasteiger partial charge in [-0.2, -0.15) is 0 Å². The maximum absolute atomic E-state index is 5.46. The summed E-state index contributed by atoms with van der Waals surface area (Å²) in [6, 6.07) is 14.4. The van der Waals surface area contributed by atoms with Gasteiger partial charge in [0.25, 0.3) is 0 Å². The molecule has 0 N–H and O–H groups in total. The van der Waals surface area contributed by atoms with Crippen molar-refractivity contribution in [3.05, 3.63) is 68.4 Å². The van der Waals surface area contributed by atoms with Gasteiger partial charge >= 0.3 is 0 Å². The van der Waals surface area contributed by atoms with E-state index >= 15 is 0 Å². The van der Waals surface area contributed by atoms with Crippen LogP contribution in [0.15, 0.2) is 36.4 Å². The Morgan fingerprint density at radius 1 is 0.632 bits per heavy atom. The smallest absolute Gasteiger partial charge is 0.175 e. The van der Waals surface area contributed by atoms with Crippen LogP contribution in [-0.2, 0) is 5.41 Å². The number of fused-ring (bicyclic) bond motifs is 4. The van der Waals surface area contributed by atoms with Gasteiger partial charge in [0.1, 0.15) is 13.2 Å². The van der Waals surface area contributed by atoms with Crippen LogP contribution in [0, 0.1) is 27.7 Å². The van der Waals surface area contributed by atoms with E-state index in [1.807, 2.05) is 0 Å². The standard InChI is InChI=1S/C27H38.C8H10O2S/c1-5-7-9-11-17-27(18-12-10-8-6-2)25-19-21(3)13-15-23(25)24-16-14-22(4)20-26(24)27;1-5-7-8(6(2)11-5)10-4-3-9-7/h13-16,19-20H,5-12,17-18H2,1-4H3;3-4H2,1-2H3. The maximum Gasteiger partial charge on any atom is 0.175 e. The van der Waals surface area contributed by atoms with E-state index in [9.17, 15) is 0 Å². The Hall–Kier alpha value is -2.26. The molecule has 38 heavy (non-hydrogen) atoms. The van der Waals surface area contributed by atoms with Gasteiger partial charge in [-0.05, 0) is 62.8 Å². The fourth-order valence-corrected chi connectivity index (χ4v) is 7.31. The highest BCUT2D eigenvalue weighted by Gasteiger charge is 2.42. The van der Waals surface area contributed by atoms with Crippen LogP contribution in [0.25, 0.3) is 11.1 Å². The number of thiophene rings is 1. The summed E-state index contributed by atoms with van der Waals surface area (Å²) in [5.74, 6) is 1.91. The summed E-state index contributed by atoms with van der Waals surface area (Å²) in [5, 5.41) is 0. The number of rotatable bonds is 10. The van der Waals surface area contributed by atoms with E-state index in [1.54, 1.807) is 22.5 Å². The van der Waals surface area contributed by atoms with Crippen LogP contribution in [-0.4, -0.2) is 13.2 Å². The first-order valence-corrected chi connectivity index (χ1v) is 15.8. The Kier molecular flexibility index (Phi) is 9.98. The predicted molar refractivity (Wildman–Crippen MR) is 164 cm³/mol. The lowest BCUT2D eigenvalue weighted by Crippen LogP contribution is -2.25. The molecule has 2 aliphatic rings. The Bertz CT molecular complexity index is 1110. The van der Waals surface area contributed by atoms with Crippen molar-refractivity contribution in [2.24, 2.45) is 0 Å². The zero-order valence-corrected chi connectivity index (χ0v) is 25.5. The van der Waals surface area contributed by atoms with Crippen LogP contribution in [0.4, 0.5) is 0 Å². The van der Waals surface area contributed by atoms with Crippen molar-refractivity contribution in [1.29, 1.82) is 0 Å². The number of hydrogen-bond acceptors (Lipinski definition) is 3. The van der Waals surface area contributed by atoms with Gasteiger partial charge < -0.3 is 9.47 Å². The third-order valence-corrected chi connectivity index (χ3v) is 9.30. The van der Waals surface area contributed by atoms with E-state index in [-0.39, 0.29) is 5.41 Å². The average Bonchev–Trinajstić information content (AvgIpc) is 3.35. The van der Waals surface area contributed by atoms with Gasteiger partial charge in [-0.1, -0.05) is 113 Å². The summed E-state index contributed by atoms with van der Waals surface area (Å²) in [5.41, 5.74) is 9.30. The first kappa shape index (κ1) is 28.7. The summed E-state index contributed by atoms with van der Waals surface area (Å²) in [6.07, 6.45) is 13.4. The van der Waals surface area contributed by atoms with Gasteiger partial charge in [-0.15, -0.1) is 11.3 Å². The van der Waals surface area contributed by atoms with E-state index in [0.29, 0.717) is 13.2 Å². The van der Waals surface area contributed by atoms with E-state index in [2.05, 4.69) is 77.9 Å².